The molecule has 0 radical (unpaired) electrons. The fourth-order valence-electron chi connectivity index (χ4n) is 1.64. The number of imidazole rings is 1. The van der Waals surface area contributed by atoms with Gasteiger partial charge in [0.1, 0.15) is 6.61 Å². The van der Waals surface area contributed by atoms with E-state index in [1.807, 2.05) is 43.5 Å². The summed E-state index contributed by atoms with van der Waals surface area (Å²) in [6.07, 6.45) is 1.96. The minimum absolute atomic E-state index is 0.118. The summed E-state index contributed by atoms with van der Waals surface area (Å²) in [4.78, 5) is 4.47. The van der Waals surface area contributed by atoms with Crippen LogP contribution in [0.25, 0.3) is 5.65 Å². The molecule has 0 aliphatic heterocycles. The van der Waals surface area contributed by atoms with Crippen LogP contribution in [0.1, 0.15) is 18.3 Å². The molecule has 88 valence electrons. The summed E-state index contributed by atoms with van der Waals surface area (Å²) in [5, 5.41) is 8.72. The van der Waals surface area contributed by atoms with Crippen LogP contribution in [0.3, 0.4) is 0 Å². The lowest BCUT2D eigenvalue weighted by atomic mass is 10.2. The van der Waals surface area contributed by atoms with E-state index in [9.17, 15) is 0 Å². The van der Waals surface area contributed by atoms with Gasteiger partial charge in [0.05, 0.1) is 17.7 Å². The molecule has 1 atom stereocenters. The third-order valence-electron chi connectivity index (χ3n) is 2.80. The van der Waals surface area contributed by atoms with Gasteiger partial charge in [-0.25, -0.2) is 4.98 Å². The first-order valence-corrected chi connectivity index (χ1v) is 5.60. The molecule has 2 aromatic rings. The molecule has 0 fully saturated rings. The van der Waals surface area contributed by atoms with Crippen LogP contribution in [0.4, 0.5) is 0 Å². The van der Waals surface area contributed by atoms with Gasteiger partial charge in [-0.1, -0.05) is 0 Å². The Morgan fingerprint density at radius 3 is 3.00 bits per heavy atom. The van der Waals surface area contributed by atoms with Crippen LogP contribution in [-0.2, 0) is 0 Å². The van der Waals surface area contributed by atoms with Crippen LogP contribution in [0, 0.1) is 31.1 Å². The highest BCUT2D eigenvalue weighted by Gasteiger charge is 2.10. The number of ether oxygens (including phenoxy) is 1. The maximum Gasteiger partial charge on any atom is 0.180 e. The Morgan fingerprint density at radius 2 is 2.29 bits per heavy atom. The molecule has 0 bridgehead atoms. The smallest absolute Gasteiger partial charge is 0.180 e. The highest BCUT2D eigenvalue weighted by molar-refractivity contribution is 5.55. The summed E-state index contributed by atoms with van der Waals surface area (Å²) in [6, 6.07) is 5.95. The summed E-state index contributed by atoms with van der Waals surface area (Å²) < 4.78 is 7.64. The lowest BCUT2D eigenvalue weighted by Gasteiger charge is -2.08. The number of nitriles is 1. The van der Waals surface area contributed by atoms with Crippen molar-refractivity contribution in [3.8, 4) is 11.8 Å². The van der Waals surface area contributed by atoms with E-state index in [1.54, 1.807) is 0 Å². The van der Waals surface area contributed by atoms with Crippen molar-refractivity contribution in [1.82, 2.24) is 9.38 Å². The highest BCUT2D eigenvalue weighted by atomic mass is 16.5. The Hall–Kier alpha value is -2.02. The third-order valence-corrected chi connectivity index (χ3v) is 2.80. The molecule has 1 unspecified atom stereocenters. The molecule has 0 spiro atoms. The van der Waals surface area contributed by atoms with Crippen molar-refractivity contribution in [1.29, 1.82) is 5.26 Å². The van der Waals surface area contributed by atoms with Crippen LogP contribution in [0.15, 0.2) is 18.3 Å². The molecule has 0 aliphatic carbocycles. The summed E-state index contributed by atoms with van der Waals surface area (Å²) in [7, 11) is 0. The van der Waals surface area contributed by atoms with Gasteiger partial charge >= 0.3 is 0 Å². The number of pyridine rings is 1. The Balaban J connectivity index is 2.35. The molecule has 0 saturated heterocycles. The maximum atomic E-state index is 8.72. The monoisotopic (exact) mass is 229 g/mol. The van der Waals surface area contributed by atoms with E-state index in [0.717, 1.165) is 22.8 Å². The lowest BCUT2D eigenvalue weighted by molar-refractivity contribution is 0.290. The lowest BCUT2D eigenvalue weighted by Crippen LogP contribution is -2.07. The fraction of sp³-hybridized carbons (Fsp3) is 0.385. The second kappa shape index (κ2) is 4.46. The second-order valence-electron chi connectivity index (χ2n) is 4.19. The zero-order valence-electron chi connectivity index (χ0n) is 10.3. The van der Waals surface area contributed by atoms with Crippen molar-refractivity contribution >= 4 is 5.65 Å². The molecule has 2 aromatic heterocycles. The van der Waals surface area contributed by atoms with Crippen molar-refractivity contribution in [3.63, 3.8) is 0 Å². The van der Waals surface area contributed by atoms with Crippen LogP contribution in [0.2, 0.25) is 0 Å². The number of fused-ring (bicyclic) bond motifs is 1. The van der Waals surface area contributed by atoms with Crippen LogP contribution in [0.5, 0.6) is 5.75 Å². The topological polar surface area (TPSA) is 50.3 Å². The maximum absolute atomic E-state index is 8.72. The summed E-state index contributed by atoms with van der Waals surface area (Å²) in [5.74, 6) is 0.609. The first-order valence-electron chi connectivity index (χ1n) is 5.60. The number of nitrogens with zero attached hydrogens (tertiary/aromatic N) is 3. The van der Waals surface area contributed by atoms with Crippen LogP contribution in [-0.4, -0.2) is 16.0 Å². The molecule has 0 N–H and O–H groups in total. The minimum atomic E-state index is -0.118. The van der Waals surface area contributed by atoms with Gasteiger partial charge < -0.3 is 9.14 Å². The molecule has 0 saturated carbocycles. The number of rotatable bonds is 3. The highest BCUT2D eigenvalue weighted by Crippen LogP contribution is 2.21. The van der Waals surface area contributed by atoms with E-state index in [4.69, 9.17) is 10.00 Å². The van der Waals surface area contributed by atoms with E-state index in [0.29, 0.717) is 6.61 Å². The van der Waals surface area contributed by atoms with Gasteiger partial charge in [0.15, 0.2) is 11.4 Å². The third kappa shape index (κ3) is 2.09. The molecule has 0 aliphatic rings. The quantitative estimate of drug-likeness (QED) is 0.812. The van der Waals surface area contributed by atoms with E-state index in [1.165, 1.54) is 0 Å². The van der Waals surface area contributed by atoms with Crippen LogP contribution < -0.4 is 4.74 Å². The Bertz CT molecular complexity index is 580. The summed E-state index contributed by atoms with van der Waals surface area (Å²) in [6.45, 7) is 6.23. The standard InChI is InChI=1S/C13H15N3O/c1-9(7-14)8-17-12-5-4-6-16-11(3)10(2)15-13(12)16/h4-6,9H,8H2,1-3H3. The van der Waals surface area contributed by atoms with Gasteiger partial charge in [0.2, 0.25) is 0 Å². The Morgan fingerprint density at radius 1 is 1.53 bits per heavy atom. The first kappa shape index (κ1) is 11.5. The zero-order valence-corrected chi connectivity index (χ0v) is 10.3. The number of aryl methyl sites for hydroxylation is 2. The molecule has 0 aromatic carbocycles. The molecule has 0 amide bonds. The van der Waals surface area contributed by atoms with E-state index >= 15 is 0 Å². The average Bonchev–Trinajstić information content (AvgIpc) is 2.63. The Labute approximate surface area is 100 Å². The van der Waals surface area contributed by atoms with Gasteiger partial charge in [-0.3, -0.25) is 0 Å². The van der Waals surface area contributed by atoms with Crippen LogP contribution >= 0.6 is 0 Å². The van der Waals surface area contributed by atoms with Gasteiger partial charge in [-0.2, -0.15) is 5.26 Å². The average molecular weight is 229 g/mol. The van der Waals surface area contributed by atoms with Crippen molar-refractivity contribution in [2.75, 3.05) is 6.61 Å². The fourth-order valence-corrected chi connectivity index (χ4v) is 1.64. The Kier molecular flexibility index (Phi) is 3.01. The van der Waals surface area contributed by atoms with Crippen molar-refractivity contribution < 1.29 is 4.74 Å². The van der Waals surface area contributed by atoms with Gasteiger partial charge in [0, 0.05) is 11.9 Å². The molecular weight excluding hydrogens is 214 g/mol. The van der Waals surface area contributed by atoms with Crippen molar-refractivity contribution in [2.24, 2.45) is 5.92 Å². The van der Waals surface area contributed by atoms with E-state index in [-0.39, 0.29) is 5.92 Å². The number of hydrogen-bond donors (Lipinski definition) is 0. The predicted octanol–water partition coefficient (Wildman–Crippen LogP) is 2.49. The second-order valence-corrected chi connectivity index (χ2v) is 4.19. The summed E-state index contributed by atoms with van der Waals surface area (Å²) >= 11 is 0. The van der Waals surface area contributed by atoms with Gasteiger partial charge in [-0.15, -0.1) is 0 Å². The number of hydrogen-bond acceptors (Lipinski definition) is 3. The van der Waals surface area contributed by atoms with Crippen molar-refractivity contribution in [3.05, 3.63) is 29.7 Å². The van der Waals surface area contributed by atoms with Gasteiger partial charge in [0.25, 0.3) is 0 Å². The molecule has 4 nitrogen and oxygen atoms in total. The van der Waals surface area contributed by atoms with E-state index in [2.05, 4.69) is 11.1 Å². The molecule has 17 heavy (non-hydrogen) atoms. The first-order chi connectivity index (χ1) is 8.13. The molecular formula is C13H15N3O. The largest absolute Gasteiger partial charge is 0.488 e. The minimum Gasteiger partial charge on any atom is -0.488 e. The number of aromatic nitrogens is 2. The predicted molar refractivity (Wildman–Crippen MR) is 64.9 cm³/mol. The summed E-state index contributed by atoms with van der Waals surface area (Å²) in [5.41, 5.74) is 2.92. The van der Waals surface area contributed by atoms with Crippen molar-refractivity contribution in [2.45, 2.75) is 20.8 Å². The molecule has 2 rings (SSSR count). The zero-order chi connectivity index (χ0) is 12.4. The van der Waals surface area contributed by atoms with Gasteiger partial charge in [-0.05, 0) is 32.9 Å². The molecule has 2 heterocycles. The van der Waals surface area contributed by atoms with E-state index < -0.39 is 0 Å². The SMILES string of the molecule is Cc1nc2c(OCC(C)C#N)cccn2c1C. The molecule has 4 heteroatoms. The normalized spacial score (nSPS) is 12.4.